The van der Waals surface area contributed by atoms with Gasteiger partial charge in [0.2, 0.25) is 21.6 Å². The van der Waals surface area contributed by atoms with E-state index in [1.54, 1.807) is 6.07 Å². The summed E-state index contributed by atoms with van der Waals surface area (Å²) in [7, 11) is -3.33. The summed E-state index contributed by atoms with van der Waals surface area (Å²) >= 11 is 0. The van der Waals surface area contributed by atoms with E-state index in [-0.39, 0.29) is 29.5 Å². The van der Waals surface area contributed by atoms with Gasteiger partial charge in [0.05, 0.1) is 36.7 Å². The number of sulfonamides is 1. The predicted octanol–water partition coefficient (Wildman–Crippen LogP) is 0.00600. The Balaban J connectivity index is 1.33. The fraction of sp³-hybridized carbons (Fsp3) is 0.409. The van der Waals surface area contributed by atoms with Gasteiger partial charge in [0.1, 0.15) is 11.6 Å². The summed E-state index contributed by atoms with van der Waals surface area (Å²) in [5, 5.41) is 4.17. The van der Waals surface area contributed by atoms with Gasteiger partial charge in [-0.25, -0.2) is 23.4 Å². The molecule has 190 valence electrons. The fourth-order valence-corrected chi connectivity index (χ4v) is 5.52. The number of nitrogens with two attached hydrogens (primary N) is 1. The zero-order valence-corrected chi connectivity index (χ0v) is 20.3. The number of hydrogen-bond donors (Lipinski definition) is 2. The van der Waals surface area contributed by atoms with Gasteiger partial charge in [0.25, 0.3) is 5.91 Å². The molecule has 0 spiro atoms. The monoisotopic (exact) mass is 514 g/mol. The second kappa shape index (κ2) is 10.2. The minimum Gasteiger partial charge on any atom is -0.493 e. The molecule has 0 saturated carbocycles. The highest BCUT2D eigenvalue weighted by Gasteiger charge is 2.24. The number of fused-ring (bicyclic) bond motifs is 3. The van der Waals surface area contributed by atoms with Crippen LogP contribution in [0.25, 0.3) is 10.9 Å². The van der Waals surface area contributed by atoms with Crippen LogP contribution in [0.2, 0.25) is 0 Å². The van der Waals surface area contributed by atoms with Crippen molar-refractivity contribution in [2.24, 2.45) is 4.99 Å². The molecule has 5 rings (SSSR count). The van der Waals surface area contributed by atoms with Crippen LogP contribution in [0.4, 0.5) is 11.8 Å². The third-order valence-electron chi connectivity index (χ3n) is 5.88. The standard InChI is InChI=1S/C22H26N8O5S/c23-21-25-13-15(14-26-21)20(31)28-22-27-18-12-16(2-3-17(18)19-24-4-5-30(19)22)35-8-1-11-36(32,33)29-6-9-34-10-7-29/h2-3,12-14,24H,1,4-11H2,(H2,23,25,26). The highest BCUT2D eigenvalue weighted by atomic mass is 32.2. The van der Waals surface area contributed by atoms with Crippen molar-refractivity contribution in [1.82, 2.24) is 23.8 Å². The first kappa shape index (κ1) is 24.1. The maximum absolute atomic E-state index is 12.7. The Labute approximate surface area is 207 Å². The SMILES string of the molecule is Nc1ncc(C(=O)N=c2nc3cc(OCCCS(=O)(=O)N4CCOCC4)ccc3c3n2CCN3)cn1. The summed E-state index contributed by atoms with van der Waals surface area (Å²) in [6, 6.07) is 5.45. The maximum Gasteiger partial charge on any atom is 0.283 e. The largest absolute Gasteiger partial charge is 0.493 e. The molecule has 3 N–H and O–H groups in total. The van der Waals surface area contributed by atoms with Gasteiger partial charge < -0.3 is 20.5 Å². The van der Waals surface area contributed by atoms with Crippen molar-refractivity contribution in [3.8, 4) is 5.75 Å². The van der Waals surface area contributed by atoms with Crippen molar-refractivity contribution in [3.63, 3.8) is 0 Å². The van der Waals surface area contributed by atoms with Crippen LogP contribution in [-0.2, 0) is 21.3 Å². The Morgan fingerprint density at radius 3 is 2.75 bits per heavy atom. The van der Waals surface area contributed by atoms with Crippen molar-refractivity contribution in [3.05, 3.63) is 41.8 Å². The Morgan fingerprint density at radius 1 is 1.19 bits per heavy atom. The molecule has 13 nitrogen and oxygen atoms in total. The molecular formula is C22H26N8O5S. The summed E-state index contributed by atoms with van der Waals surface area (Å²) in [5.74, 6) is 0.903. The highest BCUT2D eigenvalue weighted by molar-refractivity contribution is 7.89. The van der Waals surface area contributed by atoms with Crippen LogP contribution in [0.5, 0.6) is 5.75 Å². The third-order valence-corrected chi connectivity index (χ3v) is 7.84. The molecule has 1 aromatic carbocycles. The molecule has 1 fully saturated rings. The number of carbonyl (C=O) groups excluding carboxylic acids is 1. The van der Waals surface area contributed by atoms with Gasteiger partial charge in [-0.15, -0.1) is 0 Å². The number of morpholine rings is 1. The van der Waals surface area contributed by atoms with E-state index in [4.69, 9.17) is 15.2 Å². The van der Waals surface area contributed by atoms with Crippen molar-refractivity contribution in [1.29, 1.82) is 0 Å². The molecule has 0 radical (unpaired) electrons. The van der Waals surface area contributed by atoms with E-state index in [0.717, 1.165) is 11.2 Å². The molecule has 3 aromatic rings. The molecule has 4 heterocycles. The van der Waals surface area contributed by atoms with E-state index in [0.29, 0.717) is 57.1 Å². The van der Waals surface area contributed by atoms with E-state index in [1.165, 1.54) is 16.7 Å². The zero-order chi connectivity index (χ0) is 25.1. The number of amides is 1. The second-order valence-electron chi connectivity index (χ2n) is 8.29. The number of nitrogens with one attached hydrogen (secondary N) is 1. The van der Waals surface area contributed by atoms with Gasteiger partial charge in [-0.05, 0) is 18.6 Å². The van der Waals surface area contributed by atoms with Crippen LogP contribution in [-0.4, -0.2) is 83.4 Å². The summed E-state index contributed by atoms with van der Waals surface area (Å²) in [6.45, 7) is 3.14. The lowest BCUT2D eigenvalue weighted by Crippen LogP contribution is -2.42. The lowest BCUT2D eigenvalue weighted by Gasteiger charge is -2.25. The Hall–Kier alpha value is -3.62. The van der Waals surface area contributed by atoms with Gasteiger partial charge in [-0.3, -0.25) is 9.36 Å². The number of nitrogen functional groups attached to an aromatic ring is 1. The topological polar surface area (TPSA) is 167 Å². The Morgan fingerprint density at radius 2 is 1.97 bits per heavy atom. The molecular weight excluding hydrogens is 488 g/mol. The van der Waals surface area contributed by atoms with Gasteiger partial charge in [-0.1, -0.05) is 0 Å². The van der Waals surface area contributed by atoms with E-state index < -0.39 is 15.9 Å². The molecule has 2 aromatic heterocycles. The first-order valence-electron chi connectivity index (χ1n) is 11.5. The minimum atomic E-state index is -3.33. The molecule has 1 saturated heterocycles. The van der Waals surface area contributed by atoms with Gasteiger partial charge in [0.15, 0.2) is 0 Å². The number of benzene rings is 1. The first-order chi connectivity index (χ1) is 17.4. The Kier molecular flexibility index (Phi) is 6.80. The lowest BCUT2D eigenvalue weighted by atomic mass is 10.2. The van der Waals surface area contributed by atoms with Crippen LogP contribution < -0.4 is 21.4 Å². The predicted molar refractivity (Wildman–Crippen MR) is 131 cm³/mol. The molecule has 0 bridgehead atoms. The quantitative estimate of drug-likeness (QED) is 0.410. The van der Waals surface area contributed by atoms with Crippen molar-refractivity contribution >= 4 is 38.6 Å². The van der Waals surface area contributed by atoms with Crippen molar-refractivity contribution in [2.45, 2.75) is 13.0 Å². The molecule has 0 aliphatic carbocycles. The van der Waals surface area contributed by atoms with E-state index in [1.807, 2.05) is 16.7 Å². The third kappa shape index (κ3) is 5.15. The molecule has 2 aliphatic rings. The molecule has 0 atom stereocenters. The number of hydrogen-bond acceptors (Lipinski definition) is 10. The van der Waals surface area contributed by atoms with Crippen LogP contribution in [0.15, 0.2) is 35.6 Å². The summed E-state index contributed by atoms with van der Waals surface area (Å²) in [6.07, 6.45) is 3.00. The number of anilines is 2. The van der Waals surface area contributed by atoms with Crippen molar-refractivity contribution in [2.75, 3.05) is 56.3 Å². The average Bonchev–Trinajstić information content (AvgIpc) is 3.38. The molecule has 1 amide bonds. The number of rotatable bonds is 7. The van der Waals surface area contributed by atoms with Gasteiger partial charge in [-0.2, -0.15) is 9.30 Å². The molecule has 14 heteroatoms. The van der Waals surface area contributed by atoms with Crippen LogP contribution in [0.1, 0.15) is 16.8 Å². The normalized spacial score (nSPS) is 16.6. The molecule has 0 unspecified atom stereocenters. The maximum atomic E-state index is 12.7. The number of nitrogens with zero attached hydrogens (tertiary/aromatic N) is 6. The number of aromatic nitrogens is 4. The fourth-order valence-electron chi connectivity index (χ4n) is 4.07. The summed E-state index contributed by atoms with van der Waals surface area (Å²) in [4.78, 5) is 29.1. The molecule has 36 heavy (non-hydrogen) atoms. The second-order valence-corrected chi connectivity index (χ2v) is 10.4. The van der Waals surface area contributed by atoms with E-state index >= 15 is 0 Å². The lowest BCUT2D eigenvalue weighted by molar-refractivity contribution is 0.0730. The zero-order valence-electron chi connectivity index (χ0n) is 19.5. The Bertz CT molecular complexity index is 1450. The van der Waals surface area contributed by atoms with Gasteiger partial charge >= 0.3 is 0 Å². The average molecular weight is 515 g/mol. The smallest absolute Gasteiger partial charge is 0.283 e. The number of ether oxygens (including phenoxy) is 2. The minimum absolute atomic E-state index is 0.00683. The summed E-state index contributed by atoms with van der Waals surface area (Å²) < 4.78 is 39.3. The first-order valence-corrected chi connectivity index (χ1v) is 13.1. The van der Waals surface area contributed by atoms with E-state index in [9.17, 15) is 13.2 Å². The van der Waals surface area contributed by atoms with Crippen molar-refractivity contribution < 1.29 is 22.7 Å². The van der Waals surface area contributed by atoms with Crippen LogP contribution >= 0.6 is 0 Å². The number of carbonyl (C=O) groups is 1. The van der Waals surface area contributed by atoms with Crippen LogP contribution in [0.3, 0.4) is 0 Å². The van der Waals surface area contributed by atoms with E-state index in [2.05, 4.69) is 25.3 Å². The van der Waals surface area contributed by atoms with Crippen LogP contribution in [0, 0.1) is 0 Å². The highest BCUT2D eigenvalue weighted by Crippen LogP contribution is 2.26. The summed E-state index contributed by atoms with van der Waals surface area (Å²) in [5.41, 5.74) is 6.54. The van der Waals surface area contributed by atoms with Gasteiger partial charge in [0, 0.05) is 50.0 Å². The molecule has 2 aliphatic heterocycles.